The van der Waals surface area contributed by atoms with Crippen LogP contribution in [0.15, 0.2) is 152 Å². The molecule has 0 unspecified atom stereocenters. The number of aryl methyl sites for hydroxylation is 3. The Hall–Kier alpha value is -6.12. The third-order valence-corrected chi connectivity index (χ3v) is 10.5. The molecule has 2 nitrogen and oxygen atoms in total. The number of nitrogens with zero attached hydrogens (tertiary/aromatic N) is 2. The molecule has 0 bridgehead atoms. The predicted molar refractivity (Wildman–Crippen MR) is 209 cm³/mol. The fraction of sp³-hybridized carbons (Fsp3) is 0.0638. The molecular formula is C47H34N2. The van der Waals surface area contributed by atoms with Crippen molar-refractivity contribution in [2.24, 2.45) is 0 Å². The first-order valence-electron chi connectivity index (χ1n) is 17.1. The Morgan fingerprint density at radius 3 is 1.53 bits per heavy atom. The lowest BCUT2D eigenvalue weighted by Crippen LogP contribution is -2.13. The van der Waals surface area contributed by atoms with Crippen LogP contribution in [0.3, 0.4) is 0 Å². The molecule has 1 heterocycles. The van der Waals surface area contributed by atoms with Gasteiger partial charge in [-0.3, -0.25) is 0 Å². The van der Waals surface area contributed by atoms with E-state index in [1.54, 1.807) is 0 Å². The average Bonchev–Trinajstić information content (AvgIpc) is 3.46. The molecule has 1 aromatic heterocycles. The van der Waals surface area contributed by atoms with Crippen LogP contribution in [-0.4, -0.2) is 4.57 Å². The average molecular weight is 627 g/mol. The summed E-state index contributed by atoms with van der Waals surface area (Å²) >= 11 is 0. The highest BCUT2D eigenvalue weighted by atomic mass is 15.1. The van der Waals surface area contributed by atoms with E-state index < -0.39 is 0 Å². The Labute approximate surface area is 286 Å². The Morgan fingerprint density at radius 2 is 0.918 bits per heavy atom. The van der Waals surface area contributed by atoms with Gasteiger partial charge in [-0.05, 0) is 148 Å². The van der Waals surface area contributed by atoms with Crippen LogP contribution in [0, 0.1) is 20.8 Å². The highest BCUT2D eigenvalue weighted by molar-refractivity contribution is 6.13. The second-order valence-corrected chi connectivity index (χ2v) is 13.6. The summed E-state index contributed by atoms with van der Waals surface area (Å²) in [5, 5.41) is 7.62. The Balaban J connectivity index is 1.10. The summed E-state index contributed by atoms with van der Waals surface area (Å²) in [5.74, 6) is 0. The highest BCUT2D eigenvalue weighted by Gasteiger charge is 2.25. The minimum atomic E-state index is 1.16. The minimum absolute atomic E-state index is 1.16. The molecule has 10 rings (SSSR count). The molecule has 1 aliphatic carbocycles. The molecule has 0 radical (unpaired) electrons. The Morgan fingerprint density at radius 1 is 0.408 bits per heavy atom. The molecule has 0 saturated carbocycles. The van der Waals surface area contributed by atoms with Gasteiger partial charge in [-0.25, -0.2) is 0 Å². The molecular weight excluding hydrogens is 593 g/mol. The van der Waals surface area contributed by atoms with E-state index in [0.717, 1.165) is 5.69 Å². The summed E-state index contributed by atoms with van der Waals surface area (Å²) in [4.78, 5) is 2.42. The van der Waals surface area contributed by atoms with E-state index in [-0.39, 0.29) is 0 Å². The lowest BCUT2D eigenvalue weighted by atomic mass is 9.78. The summed E-state index contributed by atoms with van der Waals surface area (Å²) in [5.41, 5.74) is 16.4. The van der Waals surface area contributed by atoms with E-state index in [2.05, 4.69) is 182 Å². The number of anilines is 3. The van der Waals surface area contributed by atoms with Crippen molar-refractivity contribution in [2.45, 2.75) is 20.8 Å². The van der Waals surface area contributed by atoms with Crippen LogP contribution in [0.4, 0.5) is 17.1 Å². The first kappa shape index (κ1) is 27.9. The van der Waals surface area contributed by atoms with Gasteiger partial charge in [-0.1, -0.05) is 84.4 Å². The predicted octanol–water partition coefficient (Wildman–Crippen LogP) is 13.1. The molecule has 0 N–H and O–H groups in total. The minimum Gasteiger partial charge on any atom is -0.310 e. The third-order valence-electron chi connectivity index (χ3n) is 10.5. The molecule has 0 amide bonds. The topological polar surface area (TPSA) is 8.17 Å². The van der Waals surface area contributed by atoms with Crippen LogP contribution in [-0.2, 0) is 0 Å². The van der Waals surface area contributed by atoms with Gasteiger partial charge in [0, 0.05) is 27.8 Å². The lowest BCUT2D eigenvalue weighted by molar-refractivity contribution is 1.19. The maximum absolute atomic E-state index is 2.42. The van der Waals surface area contributed by atoms with E-state index in [0.29, 0.717) is 0 Å². The molecule has 0 fully saturated rings. The number of benzene rings is 8. The van der Waals surface area contributed by atoms with Crippen molar-refractivity contribution in [3.05, 3.63) is 168 Å². The SMILES string of the molecule is Cc1cc(C)c(N(c2ccccc2)c2ccc3cc4c(cc3c2)-c2cc3cc(-n5c6ccccc6c6ccccc65)ccc3cc2-4)c(C)c1. The summed E-state index contributed by atoms with van der Waals surface area (Å²) < 4.78 is 2.41. The normalized spacial score (nSPS) is 12.0. The Kier molecular flexibility index (Phi) is 5.95. The summed E-state index contributed by atoms with van der Waals surface area (Å²) in [6.07, 6.45) is 0. The zero-order valence-corrected chi connectivity index (χ0v) is 27.8. The number of fused-ring (bicyclic) bond motifs is 9. The quantitative estimate of drug-likeness (QED) is 0.189. The summed E-state index contributed by atoms with van der Waals surface area (Å²) in [7, 11) is 0. The van der Waals surface area contributed by atoms with Gasteiger partial charge in [0.05, 0.1) is 16.7 Å². The number of hydrogen-bond donors (Lipinski definition) is 0. The highest BCUT2D eigenvalue weighted by Crippen LogP contribution is 2.51. The van der Waals surface area contributed by atoms with Crippen molar-refractivity contribution in [3.63, 3.8) is 0 Å². The zero-order chi connectivity index (χ0) is 32.8. The van der Waals surface area contributed by atoms with Crippen LogP contribution >= 0.6 is 0 Å². The van der Waals surface area contributed by atoms with Crippen LogP contribution in [0.1, 0.15) is 16.7 Å². The van der Waals surface area contributed by atoms with Gasteiger partial charge in [0.2, 0.25) is 0 Å². The lowest BCUT2D eigenvalue weighted by Gasteiger charge is -2.30. The van der Waals surface area contributed by atoms with Crippen molar-refractivity contribution < 1.29 is 0 Å². The van der Waals surface area contributed by atoms with Crippen molar-refractivity contribution >= 4 is 60.4 Å². The van der Waals surface area contributed by atoms with Gasteiger partial charge >= 0.3 is 0 Å². The van der Waals surface area contributed by atoms with Gasteiger partial charge in [-0.2, -0.15) is 0 Å². The van der Waals surface area contributed by atoms with Crippen molar-refractivity contribution in [3.8, 4) is 27.9 Å². The van der Waals surface area contributed by atoms with Crippen LogP contribution in [0.5, 0.6) is 0 Å². The van der Waals surface area contributed by atoms with Crippen LogP contribution in [0.25, 0.3) is 71.3 Å². The van der Waals surface area contributed by atoms with Gasteiger partial charge in [0.15, 0.2) is 0 Å². The maximum atomic E-state index is 2.42. The molecule has 0 atom stereocenters. The van der Waals surface area contributed by atoms with Crippen LogP contribution in [0.2, 0.25) is 0 Å². The van der Waals surface area contributed by atoms with E-state index in [1.807, 2.05) is 0 Å². The molecule has 0 spiro atoms. The number of hydrogen-bond acceptors (Lipinski definition) is 1. The van der Waals surface area contributed by atoms with Gasteiger partial charge in [-0.15, -0.1) is 0 Å². The first-order chi connectivity index (χ1) is 24.0. The van der Waals surface area contributed by atoms with Crippen molar-refractivity contribution in [1.82, 2.24) is 4.57 Å². The number of rotatable bonds is 4. The van der Waals surface area contributed by atoms with Gasteiger partial charge < -0.3 is 9.47 Å². The second-order valence-electron chi connectivity index (χ2n) is 13.6. The van der Waals surface area contributed by atoms with E-state index in [1.165, 1.54) is 99.4 Å². The smallest absolute Gasteiger partial charge is 0.0541 e. The van der Waals surface area contributed by atoms with E-state index in [9.17, 15) is 0 Å². The first-order valence-corrected chi connectivity index (χ1v) is 17.1. The summed E-state index contributed by atoms with van der Waals surface area (Å²) in [6.45, 7) is 6.63. The molecule has 0 saturated heterocycles. The fourth-order valence-corrected chi connectivity index (χ4v) is 8.39. The van der Waals surface area contributed by atoms with Gasteiger partial charge in [0.1, 0.15) is 0 Å². The monoisotopic (exact) mass is 626 g/mol. The molecule has 2 heteroatoms. The van der Waals surface area contributed by atoms with E-state index >= 15 is 0 Å². The summed E-state index contributed by atoms with van der Waals surface area (Å²) in [6, 6.07) is 56.2. The molecule has 0 aliphatic heterocycles. The maximum Gasteiger partial charge on any atom is 0.0541 e. The number of para-hydroxylation sites is 3. The molecule has 8 aromatic carbocycles. The third kappa shape index (κ3) is 4.20. The van der Waals surface area contributed by atoms with E-state index in [4.69, 9.17) is 0 Å². The second kappa shape index (κ2) is 10.4. The zero-order valence-electron chi connectivity index (χ0n) is 27.8. The Bertz CT molecular complexity index is 2730. The molecule has 49 heavy (non-hydrogen) atoms. The van der Waals surface area contributed by atoms with Crippen LogP contribution < -0.4 is 4.90 Å². The van der Waals surface area contributed by atoms with Crippen molar-refractivity contribution in [1.29, 1.82) is 0 Å². The largest absolute Gasteiger partial charge is 0.310 e. The van der Waals surface area contributed by atoms with Gasteiger partial charge in [0.25, 0.3) is 0 Å². The molecule has 232 valence electrons. The molecule has 9 aromatic rings. The van der Waals surface area contributed by atoms with Crippen molar-refractivity contribution in [2.75, 3.05) is 4.90 Å². The standard InChI is InChI=1S/C47H34N2/c1-29-21-30(2)47(31(3)22-29)48(36-11-5-4-6-12-36)37-19-17-32-25-41-42-26-33-18-20-38(24-35(33)28-44(42)43(41)27-34(32)23-37)49-45-15-9-7-13-39(45)40-14-8-10-16-46(40)49/h4-28H,1-3H3. The molecule has 1 aliphatic rings. The number of aromatic nitrogens is 1. The fourth-order valence-electron chi connectivity index (χ4n) is 8.39.